The minimum atomic E-state index is -1.17. The molecule has 2 aromatic rings. The van der Waals surface area contributed by atoms with Gasteiger partial charge in [0.2, 0.25) is 0 Å². The summed E-state index contributed by atoms with van der Waals surface area (Å²) in [6.45, 7) is 2.02. The number of nitrogens with one attached hydrogen (secondary N) is 1. The van der Waals surface area contributed by atoms with Gasteiger partial charge in [0.05, 0.1) is 6.54 Å². The summed E-state index contributed by atoms with van der Waals surface area (Å²) >= 11 is 9.55. The lowest BCUT2D eigenvalue weighted by molar-refractivity contribution is -0.131. The summed E-state index contributed by atoms with van der Waals surface area (Å²) in [5.41, 5.74) is -0.598. The van der Waals surface area contributed by atoms with Gasteiger partial charge in [0.15, 0.2) is 0 Å². The molecule has 1 heterocycles. The Morgan fingerprint density at radius 2 is 1.84 bits per heavy atom. The molecule has 0 saturated carbocycles. The van der Waals surface area contributed by atoms with E-state index in [4.69, 9.17) is 16.3 Å². The number of carbonyl (C=O) groups is 2. The second-order valence-electron chi connectivity index (χ2n) is 5.79. The summed E-state index contributed by atoms with van der Waals surface area (Å²) in [5, 5.41) is 3.17. The first-order chi connectivity index (χ1) is 11.9. The summed E-state index contributed by atoms with van der Waals surface area (Å²) in [7, 11) is 0. The predicted molar refractivity (Wildman–Crippen MR) is 98.7 cm³/mol. The lowest BCUT2D eigenvalue weighted by atomic mass is 9.92. The number of ether oxygens (including phenoxy) is 1. The van der Waals surface area contributed by atoms with Crippen LogP contribution in [0, 0.1) is 0 Å². The van der Waals surface area contributed by atoms with Crippen molar-refractivity contribution in [3.8, 4) is 5.75 Å². The minimum absolute atomic E-state index is 0.154. The van der Waals surface area contributed by atoms with Gasteiger partial charge in [0.1, 0.15) is 17.9 Å². The van der Waals surface area contributed by atoms with Crippen molar-refractivity contribution in [2.24, 2.45) is 0 Å². The number of benzene rings is 2. The zero-order valence-electron chi connectivity index (χ0n) is 13.5. The van der Waals surface area contributed by atoms with Crippen molar-refractivity contribution in [1.82, 2.24) is 10.2 Å². The number of imide groups is 1. The summed E-state index contributed by atoms with van der Waals surface area (Å²) in [4.78, 5) is 26.2. The summed E-state index contributed by atoms with van der Waals surface area (Å²) in [6.07, 6.45) is 0. The molecule has 1 saturated heterocycles. The highest BCUT2D eigenvalue weighted by Gasteiger charge is 2.49. The lowest BCUT2D eigenvalue weighted by Crippen LogP contribution is -2.41. The van der Waals surface area contributed by atoms with E-state index in [-0.39, 0.29) is 19.1 Å². The zero-order valence-corrected chi connectivity index (χ0v) is 15.8. The van der Waals surface area contributed by atoms with Crippen molar-refractivity contribution in [2.75, 3.05) is 13.2 Å². The van der Waals surface area contributed by atoms with Crippen LogP contribution in [0.5, 0.6) is 5.75 Å². The molecule has 7 heteroatoms. The average Bonchev–Trinajstić information content (AvgIpc) is 2.81. The first-order valence-electron chi connectivity index (χ1n) is 7.69. The number of halogens is 2. The van der Waals surface area contributed by atoms with Crippen molar-refractivity contribution < 1.29 is 14.3 Å². The maximum Gasteiger partial charge on any atom is 0.325 e. The Bertz CT molecular complexity index is 812. The van der Waals surface area contributed by atoms with Gasteiger partial charge in [-0.25, -0.2) is 4.79 Å². The minimum Gasteiger partial charge on any atom is -0.492 e. The van der Waals surface area contributed by atoms with Crippen LogP contribution in [0.1, 0.15) is 12.5 Å². The Kier molecular flexibility index (Phi) is 5.01. The van der Waals surface area contributed by atoms with Crippen molar-refractivity contribution in [1.29, 1.82) is 0 Å². The summed E-state index contributed by atoms with van der Waals surface area (Å²) in [5.74, 6) is 0.328. The van der Waals surface area contributed by atoms with Crippen LogP contribution < -0.4 is 10.1 Å². The van der Waals surface area contributed by atoms with E-state index in [1.54, 1.807) is 31.2 Å². The van der Waals surface area contributed by atoms with Gasteiger partial charge >= 0.3 is 6.03 Å². The molecule has 1 aliphatic rings. The average molecular weight is 424 g/mol. The molecule has 0 radical (unpaired) electrons. The first kappa shape index (κ1) is 17.8. The van der Waals surface area contributed by atoms with Crippen molar-refractivity contribution in [2.45, 2.75) is 12.5 Å². The van der Waals surface area contributed by atoms with Crippen LogP contribution in [0.15, 0.2) is 53.0 Å². The molecule has 2 aromatic carbocycles. The highest BCUT2D eigenvalue weighted by molar-refractivity contribution is 9.10. The van der Waals surface area contributed by atoms with Crippen LogP contribution in [0.3, 0.4) is 0 Å². The Morgan fingerprint density at radius 1 is 1.16 bits per heavy atom. The maximum atomic E-state index is 12.8. The van der Waals surface area contributed by atoms with E-state index in [1.807, 2.05) is 24.3 Å². The summed E-state index contributed by atoms with van der Waals surface area (Å²) < 4.78 is 6.54. The van der Waals surface area contributed by atoms with E-state index in [0.29, 0.717) is 16.3 Å². The topological polar surface area (TPSA) is 58.6 Å². The number of hydrogen-bond donors (Lipinski definition) is 1. The Labute approximate surface area is 159 Å². The number of amides is 3. The standard InChI is InChI=1S/C18H16BrClN2O3/c1-18(14-4-2-3-5-15(14)20)16(23)22(17(24)21-18)10-11-25-13-8-6-12(19)7-9-13/h2-9H,10-11H2,1H3,(H,21,24)/t18-/m0/s1. The van der Waals surface area contributed by atoms with E-state index < -0.39 is 11.6 Å². The van der Waals surface area contributed by atoms with Crippen LogP contribution in [-0.4, -0.2) is 30.0 Å². The molecule has 1 N–H and O–H groups in total. The van der Waals surface area contributed by atoms with E-state index in [1.165, 1.54) is 0 Å². The second-order valence-corrected chi connectivity index (χ2v) is 7.12. The van der Waals surface area contributed by atoms with Crippen LogP contribution in [-0.2, 0) is 10.3 Å². The molecule has 25 heavy (non-hydrogen) atoms. The molecule has 1 fully saturated rings. The quantitative estimate of drug-likeness (QED) is 0.741. The fourth-order valence-corrected chi connectivity index (χ4v) is 3.32. The van der Waals surface area contributed by atoms with Gasteiger partial charge in [-0.2, -0.15) is 0 Å². The van der Waals surface area contributed by atoms with E-state index in [2.05, 4.69) is 21.2 Å². The highest BCUT2D eigenvalue weighted by atomic mass is 79.9. The molecule has 1 atom stereocenters. The van der Waals surface area contributed by atoms with Crippen molar-refractivity contribution >= 4 is 39.5 Å². The largest absolute Gasteiger partial charge is 0.492 e. The van der Waals surface area contributed by atoms with E-state index >= 15 is 0 Å². The van der Waals surface area contributed by atoms with Crippen LogP contribution in [0.2, 0.25) is 5.02 Å². The molecule has 0 bridgehead atoms. The third kappa shape index (κ3) is 3.50. The molecule has 0 aliphatic carbocycles. The molecular weight excluding hydrogens is 408 g/mol. The van der Waals surface area contributed by atoms with Crippen LogP contribution in [0.4, 0.5) is 4.79 Å². The highest BCUT2D eigenvalue weighted by Crippen LogP contribution is 2.33. The number of carbonyl (C=O) groups excluding carboxylic acids is 2. The predicted octanol–water partition coefficient (Wildman–Crippen LogP) is 3.95. The Balaban J connectivity index is 1.69. The number of nitrogens with zero attached hydrogens (tertiary/aromatic N) is 1. The molecule has 130 valence electrons. The van der Waals surface area contributed by atoms with Gasteiger partial charge in [-0.1, -0.05) is 45.7 Å². The van der Waals surface area contributed by atoms with Crippen LogP contribution >= 0.6 is 27.5 Å². The van der Waals surface area contributed by atoms with E-state index in [9.17, 15) is 9.59 Å². The number of hydrogen-bond acceptors (Lipinski definition) is 3. The molecular formula is C18H16BrClN2O3. The fraction of sp³-hybridized carbons (Fsp3) is 0.222. The van der Waals surface area contributed by atoms with Gasteiger partial charge in [0, 0.05) is 15.1 Å². The normalized spacial score (nSPS) is 19.9. The molecule has 0 aromatic heterocycles. The van der Waals surface area contributed by atoms with Gasteiger partial charge < -0.3 is 10.1 Å². The molecule has 1 aliphatic heterocycles. The molecule has 0 unspecified atom stereocenters. The first-order valence-corrected chi connectivity index (χ1v) is 8.86. The summed E-state index contributed by atoms with van der Waals surface area (Å²) in [6, 6.07) is 13.9. The maximum absolute atomic E-state index is 12.8. The van der Waals surface area contributed by atoms with Crippen molar-refractivity contribution in [3.63, 3.8) is 0 Å². The lowest BCUT2D eigenvalue weighted by Gasteiger charge is -2.23. The van der Waals surface area contributed by atoms with Crippen molar-refractivity contribution in [3.05, 3.63) is 63.6 Å². The number of urea groups is 1. The molecule has 5 nitrogen and oxygen atoms in total. The van der Waals surface area contributed by atoms with Crippen LogP contribution in [0.25, 0.3) is 0 Å². The molecule has 0 spiro atoms. The van der Waals surface area contributed by atoms with Gasteiger partial charge in [-0.15, -0.1) is 0 Å². The Hall–Kier alpha value is -2.05. The zero-order chi connectivity index (χ0) is 18.0. The molecule has 3 amide bonds. The second kappa shape index (κ2) is 7.06. The van der Waals surface area contributed by atoms with Gasteiger partial charge in [-0.3, -0.25) is 9.69 Å². The molecule has 3 rings (SSSR count). The fourth-order valence-electron chi connectivity index (χ4n) is 2.73. The third-order valence-corrected chi connectivity index (χ3v) is 4.94. The Morgan fingerprint density at radius 3 is 2.52 bits per heavy atom. The smallest absolute Gasteiger partial charge is 0.325 e. The third-order valence-electron chi connectivity index (χ3n) is 4.08. The van der Waals surface area contributed by atoms with Gasteiger partial charge in [-0.05, 0) is 37.3 Å². The van der Waals surface area contributed by atoms with Gasteiger partial charge in [0.25, 0.3) is 5.91 Å². The SMILES string of the molecule is C[C@@]1(c2ccccc2Cl)NC(=O)N(CCOc2ccc(Br)cc2)C1=O. The van der Waals surface area contributed by atoms with E-state index in [0.717, 1.165) is 9.37 Å². The number of rotatable bonds is 5. The monoisotopic (exact) mass is 422 g/mol.